The van der Waals surface area contributed by atoms with Gasteiger partial charge in [-0.1, -0.05) is 15.9 Å². The van der Waals surface area contributed by atoms with Crippen molar-refractivity contribution in [2.75, 3.05) is 19.5 Å². The van der Waals surface area contributed by atoms with Crippen LogP contribution in [0.15, 0.2) is 28.4 Å². The maximum atomic E-state index is 11.7. The zero-order valence-electron chi connectivity index (χ0n) is 10.5. The fourth-order valence-electron chi connectivity index (χ4n) is 1.23. The van der Waals surface area contributed by atoms with Crippen LogP contribution in [0.5, 0.6) is 0 Å². The van der Waals surface area contributed by atoms with Crippen molar-refractivity contribution in [2.45, 2.75) is 0 Å². The Morgan fingerprint density at radius 3 is 2.20 bits per heavy atom. The number of carbonyl (C=O) groups is 2. The summed E-state index contributed by atoms with van der Waals surface area (Å²) in [7, 11) is 2.48. The third-order valence-corrected chi connectivity index (χ3v) is 4.29. The molecule has 0 atom stereocenters. The van der Waals surface area contributed by atoms with Crippen molar-refractivity contribution in [3.05, 3.63) is 35.5 Å². The van der Waals surface area contributed by atoms with Crippen LogP contribution in [0.1, 0.15) is 0 Å². The molecule has 108 valence electrons. The average molecular weight is 566 g/mol. The third-order valence-electron chi connectivity index (χ3n) is 2.14. The molecule has 0 fully saturated rings. The van der Waals surface area contributed by atoms with Crippen molar-refractivity contribution < 1.29 is 19.1 Å². The van der Waals surface area contributed by atoms with Crippen molar-refractivity contribution in [3.63, 3.8) is 0 Å². The van der Waals surface area contributed by atoms with Crippen LogP contribution in [0.4, 0.5) is 5.69 Å². The molecule has 0 aliphatic heterocycles. The van der Waals surface area contributed by atoms with E-state index in [1.807, 2.05) is 12.1 Å². The van der Waals surface area contributed by atoms with Gasteiger partial charge in [0.1, 0.15) is 5.70 Å². The summed E-state index contributed by atoms with van der Waals surface area (Å²) in [5.41, 5.74) is 0.729. The summed E-state index contributed by atoms with van der Waals surface area (Å²) in [6, 6.07) is 3.77. The second-order valence-corrected chi connectivity index (χ2v) is 6.68. The number of anilines is 1. The molecule has 0 amide bonds. The zero-order chi connectivity index (χ0) is 15.3. The Labute approximate surface area is 151 Å². The van der Waals surface area contributed by atoms with Crippen molar-refractivity contribution >= 4 is 78.7 Å². The lowest BCUT2D eigenvalue weighted by atomic mass is 10.3. The Morgan fingerprint density at radius 2 is 1.75 bits per heavy atom. The first kappa shape index (κ1) is 17.7. The minimum atomic E-state index is -0.648. The number of halogens is 3. The van der Waals surface area contributed by atoms with Crippen LogP contribution in [-0.4, -0.2) is 26.2 Å². The van der Waals surface area contributed by atoms with E-state index in [9.17, 15) is 9.59 Å². The molecule has 0 unspecified atom stereocenters. The molecule has 0 aromatic heterocycles. The molecule has 0 heterocycles. The highest BCUT2D eigenvalue weighted by atomic mass is 127. The number of nitrogens with one attached hydrogen (secondary N) is 1. The van der Waals surface area contributed by atoms with Crippen LogP contribution in [-0.2, 0) is 19.1 Å². The van der Waals surface area contributed by atoms with Gasteiger partial charge in [0.2, 0.25) is 0 Å². The Kier molecular flexibility index (Phi) is 7.23. The standard InChI is InChI=1S/C12H10BrI2NO4/c1-19-10(17)5-9(12(18)20-2)16-11-7(14)3-6(13)4-8(11)15/h3-5,16H,1-2H3/b9-5+. The van der Waals surface area contributed by atoms with Crippen LogP contribution in [0.3, 0.4) is 0 Å². The number of hydrogen-bond acceptors (Lipinski definition) is 5. The van der Waals surface area contributed by atoms with E-state index in [2.05, 4.69) is 75.9 Å². The van der Waals surface area contributed by atoms with E-state index in [0.717, 1.165) is 23.4 Å². The number of methoxy groups -OCH3 is 2. The minimum absolute atomic E-state index is 0.0116. The van der Waals surface area contributed by atoms with Crippen LogP contribution >= 0.6 is 61.1 Å². The highest BCUT2D eigenvalue weighted by Crippen LogP contribution is 2.30. The topological polar surface area (TPSA) is 64.6 Å². The normalized spacial score (nSPS) is 10.9. The highest BCUT2D eigenvalue weighted by Gasteiger charge is 2.16. The lowest BCUT2D eigenvalue weighted by molar-refractivity contribution is -0.138. The van der Waals surface area contributed by atoms with Crippen molar-refractivity contribution in [3.8, 4) is 0 Å². The van der Waals surface area contributed by atoms with Gasteiger partial charge in [-0.3, -0.25) is 0 Å². The Bertz CT molecular complexity index is 552. The van der Waals surface area contributed by atoms with E-state index >= 15 is 0 Å². The van der Waals surface area contributed by atoms with Gasteiger partial charge >= 0.3 is 11.9 Å². The number of rotatable bonds is 4. The molecular formula is C12H10BrI2NO4. The van der Waals surface area contributed by atoms with Gasteiger partial charge in [0.15, 0.2) is 0 Å². The van der Waals surface area contributed by atoms with Crippen LogP contribution in [0, 0.1) is 7.14 Å². The van der Waals surface area contributed by atoms with Gasteiger partial charge in [-0.05, 0) is 57.3 Å². The maximum Gasteiger partial charge on any atom is 0.354 e. The number of ether oxygens (including phenoxy) is 2. The molecule has 0 radical (unpaired) electrons. The van der Waals surface area contributed by atoms with Gasteiger partial charge in [0.05, 0.1) is 26.0 Å². The molecule has 1 N–H and O–H groups in total. The molecule has 20 heavy (non-hydrogen) atoms. The summed E-state index contributed by atoms with van der Waals surface area (Å²) < 4.78 is 11.9. The first-order valence-electron chi connectivity index (χ1n) is 5.18. The second kappa shape index (κ2) is 8.17. The summed E-state index contributed by atoms with van der Waals surface area (Å²) >= 11 is 7.65. The maximum absolute atomic E-state index is 11.7. The van der Waals surface area contributed by atoms with Crippen molar-refractivity contribution in [1.29, 1.82) is 0 Å². The molecule has 0 saturated heterocycles. The summed E-state index contributed by atoms with van der Waals surface area (Å²) in [6.07, 6.45) is 1.06. The van der Waals surface area contributed by atoms with Crippen LogP contribution in [0.2, 0.25) is 0 Å². The molecular weight excluding hydrogens is 556 g/mol. The van der Waals surface area contributed by atoms with E-state index in [4.69, 9.17) is 0 Å². The number of hydrogen-bond donors (Lipinski definition) is 1. The van der Waals surface area contributed by atoms with Crippen LogP contribution in [0.25, 0.3) is 0 Å². The Morgan fingerprint density at radius 1 is 1.20 bits per heavy atom. The fourth-order valence-corrected chi connectivity index (χ4v) is 4.58. The summed E-state index contributed by atoms with van der Waals surface area (Å²) in [4.78, 5) is 23.0. The van der Waals surface area contributed by atoms with Gasteiger partial charge in [0, 0.05) is 11.6 Å². The van der Waals surface area contributed by atoms with Crippen molar-refractivity contribution in [1.82, 2.24) is 0 Å². The van der Waals surface area contributed by atoms with Crippen molar-refractivity contribution in [2.24, 2.45) is 0 Å². The van der Waals surface area contributed by atoms with Gasteiger partial charge < -0.3 is 14.8 Å². The van der Waals surface area contributed by atoms with Gasteiger partial charge in [-0.2, -0.15) is 0 Å². The lowest BCUT2D eigenvalue weighted by Gasteiger charge is -2.13. The highest BCUT2D eigenvalue weighted by molar-refractivity contribution is 14.1. The molecule has 0 spiro atoms. The molecule has 0 saturated carbocycles. The Balaban J connectivity index is 3.17. The zero-order valence-corrected chi connectivity index (χ0v) is 16.4. The summed E-state index contributed by atoms with van der Waals surface area (Å²) in [5.74, 6) is -1.29. The first-order chi connectivity index (χ1) is 9.38. The minimum Gasteiger partial charge on any atom is -0.466 e. The first-order valence-corrected chi connectivity index (χ1v) is 8.13. The fraction of sp³-hybridized carbons (Fsp3) is 0.167. The molecule has 1 aromatic carbocycles. The average Bonchev–Trinajstić information content (AvgIpc) is 2.40. The predicted octanol–water partition coefficient (Wildman–Crippen LogP) is 3.30. The monoisotopic (exact) mass is 565 g/mol. The molecule has 0 aliphatic carbocycles. The van der Waals surface area contributed by atoms with E-state index in [1.165, 1.54) is 14.2 Å². The smallest absolute Gasteiger partial charge is 0.354 e. The molecule has 1 rings (SSSR count). The molecule has 1 aromatic rings. The van der Waals surface area contributed by atoms with E-state index in [-0.39, 0.29) is 5.70 Å². The van der Waals surface area contributed by atoms with Crippen LogP contribution < -0.4 is 5.32 Å². The Hall–Kier alpha value is -0.360. The second-order valence-electron chi connectivity index (χ2n) is 3.44. The van der Waals surface area contributed by atoms with Gasteiger partial charge in [-0.25, -0.2) is 9.59 Å². The number of esters is 2. The molecule has 5 nitrogen and oxygen atoms in total. The van der Waals surface area contributed by atoms with E-state index in [0.29, 0.717) is 0 Å². The largest absolute Gasteiger partial charge is 0.466 e. The summed E-state index contributed by atoms with van der Waals surface area (Å²) in [6.45, 7) is 0. The molecule has 0 aliphatic rings. The third kappa shape index (κ3) is 4.88. The van der Waals surface area contributed by atoms with Gasteiger partial charge in [0.25, 0.3) is 0 Å². The lowest BCUT2D eigenvalue weighted by Crippen LogP contribution is -2.16. The molecule has 0 bridgehead atoms. The summed E-state index contributed by atoms with van der Waals surface area (Å²) in [5, 5.41) is 2.91. The van der Waals surface area contributed by atoms with E-state index < -0.39 is 11.9 Å². The predicted molar refractivity (Wildman–Crippen MR) is 95.3 cm³/mol. The van der Waals surface area contributed by atoms with Gasteiger partial charge in [-0.15, -0.1) is 0 Å². The molecule has 8 heteroatoms. The number of carbonyl (C=O) groups excluding carboxylic acids is 2. The SMILES string of the molecule is COC(=O)/C=C(/Nc1c(I)cc(Br)cc1I)C(=O)OC. The van der Waals surface area contributed by atoms with E-state index in [1.54, 1.807) is 0 Å². The number of benzene rings is 1. The quantitative estimate of drug-likeness (QED) is 0.345.